The molecule has 0 bridgehead atoms. The molecule has 0 spiro atoms. The minimum absolute atomic E-state index is 0.102. The summed E-state index contributed by atoms with van der Waals surface area (Å²) in [6.07, 6.45) is -2.14. The number of aliphatic hydroxyl groups is 1. The third kappa shape index (κ3) is 4.97. The molecule has 1 aliphatic rings. The van der Waals surface area contributed by atoms with Crippen molar-refractivity contribution in [2.24, 2.45) is 11.8 Å². The summed E-state index contributed by atoms with van der Waals surface area (Å²) >= 11 is 1.21. The van der Waals surface area contributed by atoms with E-state index in [0.717, 1.165) is 18.3 Å². The molecular weight excluding hydrogens is 359 g/mol. The molecule has 2 atom stereocenters. The molecule has 0 saturated heterocycles. The first-order valence-corrected chi connectivity index (χ1v) is 8.38. The van der Waals surface area contributed by atoms with Crippen molar-refractivity contribution in [1.82, 2.24) is 4.98 Å². The van der Waals surface area contributed by atoms with E-state index in [4.69, 9.17) is 0 Å². The number of ether oxygens (including phenoxy) is 1. The van der Waals surface area contributed by atoms with E-state index in [1.807, 2.05) is 0 Å². The molecule has 1 heterocycles. The molecule has 2 rings (SSSR count). The second-order valence-electron chi connectivity index (χ2n) is 5.52. The summed E-state index contributed by atoms with van der Waals surface area (Å²) in [6, 6.07) is 2.22. The number of thioether (sulfide) groups is 1. The third-order valence-corrected chi connectivity index (χ3v) is 4.80. The van der Waals surface area contributed by atoms with Gasteiger partial charge in [-0.1, -0.05) is 0 Å². The summed E-state index contributed by atoms with van der Waals surface area (Å²) in [6.45, 7) is 0. The van der Waals surface area contributed by atoms with E-state index in [-0.39, 0.29) is 18.0 Å². The molecule has 1 aromatic heterocycles. The topological polar surface area (TPSA) is 76.5 Å². The van der Waals surface area contributed by atoms with Crippen LogP contribution in [0.3, 0.4) is 0 Å². The van der Waals surface area contributed by atoms with Crippen LogP contribution in [0.15, 0.2) is 35.2 Å². The van der Waals surface area contributed by atoms with E-state index in [1.54, 1.807) is 0 Å². The molecule has 5 nitrogen and oxygen atoms in total. The largest absolute Gasteiger partial charge is 0.511 e. The lowest BCUT2D eigenvalue weighted by Crippen LogP contribution is -2.32. The summed E-state index contributed by atoms with van der Waals surface area (Å²) in [5.41, 5.74) is -0.824. The van der Waals surface area contributed by atoms with Crippen molar-refractivity contribution >= 4 is 23.5 Å². The number of nitrogens with zero attached hydrogens (tertiary/aromatic N) is 1. The lowest BCUT2D eigenvalue weighted by molar-refractivity contribution is -0.147. The number of aromatic nitrogens is 1. The Morgan fingerprint density at radius 3 is 2.72 bits per heavy atom. The Morgan fingerprint density at radius 1 is 1.44 bits per heavy atom. The number of ketones is 1. The van der Waals surface area contributed by atoms with E-state index in [1.165, 1.54) is 24.9 Å². The number of rotatable bonds is 5. The van der Waals surface area contributed by atoms with E-state index < -0.39 is 29.5 Å². The maximum absolute atomic E-state index is 12.5. The summed E-state index contributed by atoms with van der Waals surface area (Å²) in [4.78, 5) is 27.1. The van der Waals surface area contributed by atoms with E-state index in [9.17, 15) is 27.9 Å². The Labute approximate surface area is 146 Å². The quantitative estimate of drug-likeness (QED) is 0.628. The second-order valence-corrected chi connectivity index (χ2v) is 6.64. The van der Waals surface area contributed by atoms with Crippen LogP contribution in [0.5, 0.6) is 0 Å². The highest BCUT2D eigenvalue weighted by Gasteiger charge is 2.37. The number of carbonyl (C=O) groups is 2. The number of alkyl halides is 3. The van der Waals surface area contributed by atoms with E-state index in [0.29, 0.717) is 17.2 Å². The Morgan fingerprint density at radius 2 is 2.16 bits per heavy atom. The SMILES string of the molecule is COC(=O)C1C(O)=CC(=O)CC1CCSc1ccc(C(F)(F)F)cn1. The molecule has 0 fully saturated rings. The number of allylic oxidation sites excluding steroid dienone is 1. The van der Waals surface area contributed by atoms with Crippen LogP contribution in [0.1, 0.15) is 18.4 Å². The number of hydrogen-bond acceptors (Lipinski definition) is 6. The van der Waals surface area contributed by atoms with Crippen molar-refractivity contribution in [2.45, 2.75) is 24.0 Å². The second kappa shape index (κ2) is 7.90. The van der Waals surface area contributed by atoms with Crippen LogP contribution in [0, 0.1) is 11.8 Å². The Balaban J connectivity index is 1.96. The van der Waals surface area contributed by atoms with Crippen molar-refractivity contribution in [1.29, 1.82) is 0 Å². The van der Waals surface area contributed by atoms with Crippen LogP contribution in [-0.2, 0) is 20.5 Å². The summed E-state index contributed by atoms with van der Waals surface area (Å²) < 4.78 is 42.1. The first-order chi connectivity index (χ1) is 11.7. The van der Waals surface area contributed by atoms with Crippen molar-refractivity contribution < 1.29 is 32.6 Å². The lowest BCUT2D eigenvalue weighted by atomic mass is 9.80. The number of aliphatic hydroxyl groups excluding tert-OH is 1. The van der Waals surface area contributed by atoms with Gasteiger partial charge >= 0.3 is 12.1 Å². The number of carbonyl (C=O) groups excluding carboxylic acids is 2. The molecule has 0 amide bonds. The Bertz CT molecular complexity index is 673. The average Bonchev–Trinajstić information content (AvgIpc) is 2.53. The van der Waals surface area contributed by atoms with Gasteiger partial charge in [0.2, 0.25) is 0 Å². The van der Waals surface area contributed by atoms with Gasteiger partial charge in [-0.3, -0.25) is 9.59 Å². The normalized spacial score (nSPS) is 21.0. The zero-order chi connectivity index (χ0) is 18.6. The molecule has 0 saturated carbocycles. The van der Waals surface area contributed by atoms with Gasteiger partial charge in [0.15, 0.2) is 5.78 Å². The van der Waals surface area contributed by atoms with Crippen LogP contribution >= 0.6 is 11.8 Å². The minimum atomic E-state index is -4.43. The maximum Gasteiger partial charge on any atom is 0.417 e. The van der Waals surface area contributed by atoms with Crippen molar-refractivity contribution in [3.63, 3.8) is 0 Å². The predicted octanol–water partition coefficient (Wildman–Crippen LogP) is 3.40. The smallest absolute Gasteiger partial charge is 0.417 e. The zero-order valence-corrected chi connectivity index (χ0v) is 14.1. The number of halogens is 3. The minimum Gasteiger partial charge on any atom is -0.511 e. The van der Waals surface area contributed by atoms with Crippen LogP contribution in [0.2, 0.25) is 0 Å². The number of methoxy groups -OCH3 is 1. The van der Waals surface area contributed by atoms with Gasteiger partial charge in [-0.15, -0.1) is 11.8 Å². The molecule has 1 aromatic rings. The third-order valence-electron chi connectivity index (χ3n) is 3.82. The molecule has 0 radical (unpaired) electrons. The first-order valence-electron chi connectivity index (χ1n) is 7.39. The Kier molecular flexibility index (Phi) is 6.10. The van der Waals surface area contributed by atoms with Gasteiger partial charge in [0.25, 0.3) is 0 Å². The van der Waals surface area contributed by atoms with Crippen molar-refractivity contribution in [3.05, 3.63) is 35.7 Å². The van der Waals surface area contributed by atoms with Crippen molar-refractivity contribution in [3.8, 4) is 0 Å². The van der Waals surface area contributed by atoms with Crippen LogP contribution in [0.25, 0.3) is 0 Å². The van der Waals surface area contributed by atoms with E-state index >= 15 is 0 Å². The Hall–Kier alpha value is -2.03. The fraction of sp³-hybridized carbons (Fsp3) is 0.438. The van der Waals surface area contributed by atoms with Gasteiger partial charge in [0, 0.05) is 18.7 Å². The summed E-state index contributed by atoms with van der Waals surface area (Å²) in [7, 11) is 1.20. The molecular formula is C16H16F3NO4S. The average molecular weight is 375 g/mol. The molecule has 136 valence electrons. The van der Waals surface area contributed by atoms with Gasteiger partial charge in [-0.2, -0.15) is 13.2 Å². The summed E-state index contributed by atoms with van der Waals surface area (Å²) in [5.74, 6) is -2.11. The molecule has 1 aliphatic carbocycles. The molecule has 1 N–H and O–H groups in total. The van der Waals surface area contributed by atoms with Gasteiger partial charge in [-0.25, -0.2) is 4.98 Å². The fourth-order valence-electron chi connectivity index (χ4n) is 2.59. The molecule has 0 aromatic carbocycles. The molecule has 25 heavy (non-hydrogen) atoms. The van der Waals surface area contributed by atoms with Crippen LogP contribution in [-0.4, -0.2) is 34.7 Å². The monoisotopic (exact) mass is 375 g/mol. The fourth-order valence-corrected chi connectivity index (χ4v) is 3.51. The predicted molar refractivity (Wildman–Crippen MR) is 83.9 cm³/mol. The van der Waals surface area contributed by atoms with Crippen LogP contribution in [0.4, 0.5) is 13.2 Å². The number of pyridine rings is 1. The lowest BCUT2D eigenvalue weighted by Gasteiger charge is -2.27. The molecule has 0 aliphatic heterocycles. The van der Waals surface area contributed by atoms with Gasteiger partial charge in [0.1, 0.15) is 11.7 Å². The molecule has 2 unspecified atom stereocenters. The zero-order valence-electron chi connectivity index (χ0n) is 13.2. The maximum atomic E-state index is 12.5. The highest BCUT2D eigenvalue weighted by molar-refractivity contribution is 7.99. The van der Waals surface area contributed by atoms with Crippen LogP contribution < -0.4 is 0 Å². The van der Waals surface area contributed by atoms with Crippen molar-refractivity contribution in [2.75, 3.05) is 12.9 Å². The number of esters is 1. The summed E-state index contributed by atoms with van der Waals surface area (Å²) in [5, 5.41) is 10.3. The highest BCUT2D eigenvalue weighted by atomic mass is 32.2. The first kappa shape index (κ1) is 19.3. The van der Waals surface area contributed by atoms with Gasteiger partial charge < -0.3 is 9.84 Å². The van der Waals surface area contributed by atoms with E-state index in [2.05, 4.69) is 9.72 Å². The van der Waals surface area contributed by atoms with Gasteiger partial charge in [-0.05, 0) is 30.2 Å². The van der Waals surface area contributed by atoms with Gasteiger partial charge in [0.05, 0.1) is 17.7 Å². The number of hydrogen-bond donors (Lipinski definition) is 1. The standard InChI is InChI=1S/C16H16F3NO4S/c1-24-15(23)14-9(6-11(21)7-12(14)22)4-5-25-13-3-2-10(8-20-13)16(17,18)19/h2-3,7-9,14,22H,4-6H2,1H3. The highest BCUT2D eigenvalue weighted by Crippen LogP contribution is 2.34. The molecule has 9 heteroatoms.